The number of hydrogen-bond acceptors (Lipinski definition) is 5. The van der Waals surface area contributed by atoms with Crippen molar-refractivity contribution in [2.45, 2.75) is 19.6 Å². The number of methoxy groups -OCH3 is 1. The lowest BCUT2D eigenvalue weighted by Gasteiger charge is -2.28. The van der Waals surface area contributed by atoms with E-state index in [0.29, 0.717) is 11.3 Å². The molecule has 8 heteroatoms. The molecule has 3 rings (SSSR count). The van der Waals surface area contributed by atoms with Crippen molar-refractivity contribution < 1.29 is 18.4 Å². The number of fused-ring (bicyclic) bond motifs is 1. The third-order valence-electron chi connectivity index (χ3n) is 3.53. The van der Waals surface area contributed by atoms with E-state index < -0.39 is 12.3 Å². The predicted octanol–water partition coefficient (Wildman–Crippen LogP) is 3.91. The lowest BCUT2D eigenvalue weighted by molar-refractivity contribution is 0.137. The van der Waals surface area contributed by atoms with Crippen molar-refractivity contribution in [3.63, 3.8) is 0 Å². The molecular formula is C15H13FIN3O3. The van der Waals surface area contributed by atoms with Crippen LogP contribution < -0.4 is 0 Å². The van der Waals surface area contributed by atoms with E-state index in [0.717, 1.165) is 14.0 Å². The molecule has 1 aliphatic rings. The summed E-state index contributed by atoms with van der Waals surface area (Å²) in [5.41, 5.74) is 1.96. The number of rotatable bonds is 1. The van der Waals surface area contributed by atoms with Gasteiger partial charge in [-0.25, -0.2) is 14.2 Å². The van der Waals surface area contributed by atoms with Gasteiger partial charge >= 0.3 is 6.09 Å². The number of benzene rings is 1. The summed E-state index contributed by atoms with van der Waals surface area (Å²) in [5.74, 6) is 0.0116. The monoisotopic (exact) mass is 429 g/mol. The first-order valence-corrected chi connectivity index (χ1v) is 7.87. The number of aliphatic imine (C=N–C) groups is 1. The fourth-order valence-electron chi connectivity index (χ4n) is 2.36. The topological polar surface area (TPSA) is 67.9 Å². The van der Waals surface area contributed by atoms with Gasteiger partial charge in [0.05, 0.1) is 25.5 Å². The summed E-state index contributed by atoms with van der Waals surface area (Å²) in [7, 11) is 1.24. The molecule has 0 N–H and O–H groups in total. The molecule has 1 amide bonds. The fraction of sp³-hybridized carbons (Fsp3) is 0.267. The third kappa shape index (κ3) is 2.94. The van der Waals surface area contributed by atoms with Crippen LogP contribution in [0, 0.1) is 10.5 Å². The Morgan fingerprint density at radius 2 is 2.35 bits per heavy atom. The summed E-state index contributed by atoms with van der Waals surface area (Å²) in [5, 5.41) is 3.59. The van der Waals surface area contributed by atoms with Crippen molar-refractivity contribution >= 4 is 40.2 Å². The molecule has 1 aromatic heterocycles. The second kappa shape index (κ2) is 6.26. The van der Waals surface area contributed by atoms with Crippen molar-refractivity contribution in [3.05, 3.63) is 44.9 Å². The Hall–Kier alpha value is -1.97. The minimum absolute atomic E-state index is 0.0644. The molecule has 6 nitrogen and oxygen atoms in total. The van der Waals surface area contributed by atoms with E-state index in [1.165, 1.54) is 13.3 Å². The number of hydrogen-bond donors (Lipinski definition) is 0. The highest BCUT2D eigenvalue weighted by Gasteiger charge is 2.38. The van der Waals surface area contributed by atoms with Gasteiger partial charge in [0.25, 0.3) is 0 Å². The molecule has 0 saturated carbocycles. The molecule has 0 radical (unpaired) electrons. The van der Waals surface area contributed by atoms with E-state index in [9.17, 15) is 9.18 Å². The van der Waals surface area contributed by atoms with Crippen LogP contribution in [0.4, 0.5) is 14.9 Å². The second-order valence-corrected chi connectivity index (χ2v) is 6.28. The van der Waals surface area contributed by atoms with Crippen molar-refractivity contribution in [2.75, 3.05) is 7.11 Å². The minimum atomic E-state index is -1.68. The van der Waals surface area contributed by atoms with E-state index in [1.807, 2.05) is 19.1 Å². The van der Waals surface area contributed by atoms with Gasteiger partial charge in [-0.05, 0) is 53.3 Å². The Morgan fingerprint density at radius 3 is 3.04 bits per heavy atom. The highest BCUT2D eigenvalue weighted by atomic mass is 127. The zero-order valence-corrected chi connectivity index (χ0v) is 14.6. The number of ether oxygens (including phenoxy) is 1. The van der Waals surface area contributed by atoms with Crippen LogP contribution in [0.2, 0.25) is 0 Å². The number of aryl methyl sites for hydroxylation is 1. The van der Waals surface area contributed by atoms with Gasteiger partial charge in [-0.15, -0.1) is 0 Å². The van der Waals surface area contributed by atoms with Crippen molar-refractivity contribution in [2.24, 2.45) is 4.99 Å². The lowest BCUT2D eigenvalue weighted by Crippen LogP contribution is -2.41. The van der Waals surface area contributed by atoms with Crippen LogP contribution in [-0.2, 0) is 11.3 Å². The van der Waals surface area contributed by atoms with Gasteiger partial charge in [-0.2, -0.15) is 0 Å². The molecule has 0 fully saturated rings. The largest absolute Gasteiger partial charge is 0.452 e. The van der Waals surface area contributed by atoms with Crippen molar-refractivity contribution in [3.8, 4) is 0 Å². The van der Waals surface area contributed by atoms with Crippen molar-refractivity contribution in [1.29, 1.82) is 0 Å². The predicted molar refractivity (Wildman–Crippen MR) is 89.3 cm³/mol. The molecule has 0 bridgehead atoms. The number of amides is 1. The molecule has 2 heterocycles. The van der Waals surface area contributed by atoms with Crippen LogP contribution >= 0.6 is 22.6 Å². The average Bonchev–Trinajstić information content (AvgIpc) is 3.00. The van der Waals surface area contributed by atoms with Crippen LogP contribution in [0.15, 0.2) is 33.9 Å². The average molecular weight is 429 g/mol. The van der Waals surface area contributed by atoms with Gasteiger partial charge in [0.15, 0.2) is 11.6 Å². The van der Waals surface area contributed by atoms with Crippen LogP contribution in [0.3, 0.4) is 0 Å². The highest BCUT2D eigenvalue weighted by molar-refractivity contribution is 14.1. The molecule has 120 valence electrons. The van der Waals surface area contributed by atoms with Gasteiger partial charge < -0.3 is 9.26 Å². The Kier molecular flexibility index (Phi) is 4.33. The minimum Gasteiger partial charge on any atom is -0.452 e. The summed E-state index contributed by atoms with van der Waals surface area (Å²) < 4.78 is 25.5. The van der Waals surface area contributed by atoms with E-state index in [4.69, 9.17) is 9.26 Å². The number of alkyl halides is 1. The molecule has 0 spiro atoms. The maximum Gasteiger partial charge on any atom is 0.415 e. The summed E-state index contributed by atoms with van der Waals surface area (Å²) in [6.07, 6.45) is -0.967. The number of aromatic nitrogens is 1. The molecule has 2 aromatic rings. The quantitative estimate of drug-likeness (QED) is 0.645. The Labute approximate surface area is 145 Å². The summed E-state index contributed by atoms with van der Waals surface area (Å²) in [6, 6.07) is 5.58. The van der Waals surface area contributed by atoms with E-state index in [1.54, 1.807) is 6.07 Å². The standard InChI is InChI=1S/C15H13FIN3O3/c1-8-5-10(17)3-4-11(8)19-14-12(16)13-9(6-18-23-13)7-20(14)15(21)22-2/h3-6,12H,7H2,1-2H3. The van der Waals surface area contributed by atoms with Gasteiger partial charge in [0, 0.05) is 9.13 Å². The first-order chi connectivity index (χ1) is 11.0. The third-order valence-corrected chi connectivity index (χ3v) is 4.20. The number of amidine groups is 1. The molecular weight excluding hydrogens is 416 g/mol. The normalized spacial score (nSPS) is 18.9. The summed E-state index contributed by atoms with van der Waals surface area (Å²) in [4.78, 5) is 17.5. The molecule has 0 aliphatic carbocycles. The first kappa shape index (κ1) is 15.9. The zero-order chi connectivity index (χ0) is 16.6. The molecule has 1 aromatic carbocycles. The molecule has 1 aliphatic heterocycles. The van der Waals surface area contributed by atoms with Crippen LogP contribution in [-0.4, -0.2) is 29.1 Å². The SMILES string of the molecule is COC(=O)N1Cc2cnoc2C(F)C1=Nc1ccc(I)cc1C. The maximum absolute atomic E-state index is 14.8. The van der Waals surface area contributed by atoms with Gasteiger partial charge in [-0.1, -0.05) is 5.16 Å². The van der Waals surface area contributed by atoms with Gasteiger partial charge in [0.1, 0.15) is 0 Å². The maximum atomic E-state index is 14.8. The fourth-order valence-corrected chi connectivity index (χ4v) is 3.00. The Balaban J connectivity index is 2.09. The summed E-state index contributed by atoms with van der Waals surface area (Å²) >= 11 is 2.19. The second-order valence-electron chi connectivity index (χ2n) is 5.03. The van der Waals surface area contributed by atoms with Crippen LogP contribution in [0.1, 0.15) is 23.1 Å². The molecule has 23 heavy (non-hydrogen) atoms. The molecule has 1 atom stereocenters. The van der Waals surface area contributed by atoms with E-state index in [2.05, 4.69) is 32.7 Å². The van der Waals surface area contributed by atoms with Crippen LogP contribution in [0.5, 0.6) is 0 Å². The number of carbonyl (C=O) groups is 1. The Morgan fingerprint density at radius 1 is 1.57 bits per heavy atom. The van der Waals surface area contributed by atoms with Gasteiger partial charge in [-0.3, -0.25) is 4.90 Å². The number of nitrogens with zero attached hydrogens (tertiary/aromatic N) is 3. The van der Waals surface area contributed by atoms with Crippen LogP contribution in [0.25, 0.3) is 0 Å². The number of halogens is 2. The first-order valence-electron chi connectivity index (χ1n) is 6.79. The summed E-state index contributed by atoms with van der Waals surface area (Å²) in [6.45, 7) is 1.98. The lowest BCUT2D eigenvalue weighted by atomic mass is 10.1. The van der Waals surface area contributed by atoms with Crippen molar-refractivity contribution in [1.82, 2.24) is 10.1 Å². The van der Waals surface area contributed by atoms with E-state index >= 15 is 0 Å². The highest BCUT2D eigenvalue weighted by Crippen LogP contribution is 2.33. The van der Waals surface area contributed by atoms with E-state index in [-0.39, 0.29) is 18.1 Å². The number of carbonyl (C=O) groups excluding carboxylic acids is 1. The Bertz CT molecular complexity index is 790. The smallest absolute Gasteiger partial charge is 0.415 e. The molecule has 1 unspecified atom stereocenters. The van der Waals surface area contributed by atoms with Gasteiger partial charge in [0.2, 0.25) is 6.17 Å². The zero-order valence-electron chi connectivity index (χ0n) is 12.4. The molecule has 0 saturated heterocycles.